The van der Waals surface area contributed by atoms with Crippen LogP contribution in [0.3, 0.4) is 0 Å². The number of thioether (sulfide) groups is 1. The van der Waals surface area contributed by atoms with Crippen molar-refractivity contribution in [2.24, 2.45) is 11.7 Å². The number of nitrogens with two attached hydrogens (primary N) is 1. The molecule has 2 heteroatoms. The van der Waals surface area contributed by atoms with E-state index in [0.29, 0.717) is 6.04 Å². The summed E-state index contributed by atoms with van der Waals surface area (Å²) in [5.41, 5.74) is 5.97. The van der Waals surface area contributed by atoms with E-state index in [4.69, 9.17) is 5.73 Å². The molecule has 0 aromatic rings. The Labute approximate surface area is 81.5 Å². The minimum Gasteiger partial charge on any atom is -0.327 e. The van der Waals surface area contributed by atoms with E-state index in [9.17, 15) is 0 Å². The maximum absolute atomic E-state index is 5.97. The molecule has 2 atom stereocenters. The van der Waals surface area contributed by atoms with Crippen LogP contribution in [-0.4, -0.2) is 17.5 Å². The van der Waals surface area contributed by atoms with E-state index in [1.807, 2.05) is 11.8 Å². The Morgan fingerprint density at radius 2 is 2.00 bits per heavy atom. The second-order valence-electron chi connectivity index (χ2n) is 3.58. The average Bonchev–Trinajstić information content (AvgIpc) is 2.05. The zero-order valence-corrected chi connectivity index (χ0v) is 9.49. The van der Waals surface area contributed by atoms with Crippen LogP contribution in [0.25, 0.3) is 0 Å². The molecular formula is C10H23NS. The summed E-state index contributed by atoms with van der Waals surface area (Å²) in [5.74, 6) is 3.19. The van der Waals surface area contributed by atoms with Crippen molar-refractivity contribution in [1.29, 1.82) is 0 Å². The summed E-state index contributed by atoms with van der Waals surface area (Å²) in [6.07, 6.45) is 3.71. The van der Waals surface area contributed by atoms with Gasteiger partial charge in [-0.15, -0.1) is 0 Å². The van der Waals surface area contributed by atoms with Crippen LogP contribution in [-0.2, 0) is 0 Å². The van der Waals surface area contributed by atoms with Gasteiger partial charge < -0.3 is 5.73 Å². The maximum atomic E-state index is 5.97. The van der Waals surface area contributed by atoms with Gasteiger partial charge >= 0.3 is 0 Å². The highest BCUT2D eigenvalue weighted by atomic mass is 32.2. The van der Waals surface area contributed by atoms with Gasteiger partial charge in [0.1, 0.15) is 0 Å². The third kappa shape index (κ3) is 6.99. The monoisotopic (exact) mass is 189 g/mol. The standard InChI is InChI=1S/C10H23NS/c1-4-6-12-8-10(11)7-9(3)5-2/h9-10H,4-8,11H2,1-3H3. The Hall–Kier alpha value is 0.310. The van der Waals surface area contributed by atoms with Gasteiger partial charge in [0.2, 0.25) is 0 Å². The van der Waals surface area contributed by atoms with Crippen molar-refractivity contribution in [3.63, 3.8) is 0 Å². The van der Waals surface area contributed by atoms with E-state index in [2.05, 4.69) is 20.8 Å². The van der Waals surface area contributed by atoms with Gasteiger partial charge in [0.05, 0.1) is 0 Å². The van der Waals surface area contributed by atoms with Crippen molar-refractivity contribution < 1.29 is 0 Å². The molecule has 0 amide bonds. The first-order valence-electron chi connectivity index (χ1n) is 5.04. The lowest BCUT2D eigenvalue weighted by Gasteiger charge is -2.15. The van der Waals surface area contributed by atoms with Crippen LogP contribution in [0, 0.1) is 5.92 Å². The van der Waals surface area contributed by atoms with Gasteiger partial charge in [-0.25, -0.2) is 0 Å². The molecule has 2 unspecified atom stereocenters. The molecule has 0 fully saturated rings. The minimum absolute atomic E-state index is 0.413. The third-order valence-electron chi connectivity index (χ3n) is 2.08. The fourth-order valence-corrected chi connectivity index (χ4v) is 2.02. The van der Waals surface area contributed by atoms with E-state index in [1.165, 1.54) is 25.0 Å². The molecule has 0 aliphatic carbocycles. The molecule has 0 rings (SSSR count). The van der Waals surface area contributed by atoms with Crippen LogP contribution in [0.2, 0.25) is 0 Å². The van der Waals surface area contributed by atoms with Crippen LogP contribution < -0.4 is 5.73 Å². The van der Waals surface area contributed by atoms with Crippen molar-refractivity contribution >= 4 is 11.8 Å². The zero-order chi connectivity index (χ0) is 9.40. The summed E-state index contributed by atoms with van der Waals surface area (Å²) < 4.78 is 0. The summed E-state index contributed by atoms with van der Waals surface area (Å²) in [7, 11) is 0. The van der Waals surface area contributed by atoms with Crippen molar-refractivity contribution in [2.45, 2.75) is 46.1 Å². The molecule has 0 spiro atoms. The SMILES string of the molecule is CCCSCC(N)CC(C)CC. The van der Waals surface area contributed by atoms with Gasteiger partial charge in [-0.1, -0.05) is 27.2 Å². The van der Waals surface area contributed by atoms with E-state index in [-0.39, 0.29) is 0 Å². The molecule has 0 radical (unpaired) electrons. The lowest BCUT2D eigenvalue weighted by molar-refractivity contribution is 0.472. The van der Waals surface area contributed by atoms with Crippen LogP contribution in [0.5, 0.6) is 0 Å². The fraction of sp³-hybridized carbons (Fsp3) is 1.00. The minimum atomic E-state index is 0.413. The Morgan fingerprint density at radius 3 is 2.50 bits per heavy atom. The zero-order valence-electron chi connectivity index (χ0n) is 8.68. The van der Waals surface area contributed by atoms with Gasteiger partial charge in [0.15, 0.2) is 0 Å². The number of rotatable bonds is 7. The van der Waals surface area contributed by atoms with Gasteiger partial charge in [0.25, 0.3) is 0 Å². The molecule has 2 N–H and O–H groups in total. The number of hydrogen-bond donors (Lipinski definition) is 1. The van der Waals surface area contributed by atoms with E-state index in [1.54, 1.807) is 0 Å². The highest BCUT2D eigenvalue weighted by Gasteiger charge is 2.06. The first kappa shape index (κ1) is 12.3. The van der Waals surface area contributed by atoms with Crippen LogP contribution in [0.4, 0.5) is 0 Å². The van der Waals surface area contributed by atoms with E-state index < -0.39 is 0 Å². The number of hydrogen-bond acceptors (Lipinski definition) is 2. The summed E-state index contributed by atoms with van der Waals surface area (Å²) in [5, 5.41) is 0. The highest BCUT2D eigenvalue weighted by molar-refractivity contribution is 7.99. The summed E-state index contributed by atoms with van der Waals surface area (Å²) in [6.45, 7) is 6.73. The molecule has 74 valence electrons. The van der Waals surface area contributed by atoms with E-state index in [0.717, 1.165) is 11.7 Å². The second kappa shape index (κ2) is 7.93. The smallest absolute Gasteiger partial charge is 0.0132 e. The molecule has 0 aliphatic rings. The van der Waals surface area contributed by atoms with Crippen molar-refractivity contribution in [3.8, 4) is 0 Å². The summed E-state index contributed by atoms with van der Waals surface area (Å²) in [4.78, 5) is 0. The van der Waals surface area contributed by atoms with Crippen molar-refractivity contribution in [2.75, 3.05) is 11.5 Å². The lowest BCUT2D eigenvalue weighted by atomic mass is 10.0. The Bertz CT molecular complexity index is 95.8. The Kier molecular flexibility index (Phi) is 8.14. The molecule has 0 saturated carbocycles. The first-order chi connectivity index (χ1) is 5.70. The normalized spacial score (nSPS) is 16.0. The lowest BCUT2D eigenvalue weighted by Crippen LogP contribution is -2.25. The molecule has 0 aromatic heterocycles. The van der Waals surface area contributed by atoms with Crippen LogP contribution in [0.1, 0.15) is 40.0 Å². The quantitative estimate of drug-likeness (QED) is 0.623. The second-order valence-corrected chi connectivity index (χ2v) is 4.73. The highest BCUT2D eigenvalue weighted by Crippen LogP contribution is 2.12. The van der Waals surface area contributed by atoms with Crippen LogP contribution >= 0.6 is 11.8 Å². The van der Waals surface area contributed by atoms with Gasteiger partial charge in [-0.05, 0) is 24.5 Å². The molecular weight excluding hydrogens is 166 g/mol. The third-order valence-corrected chi connectivity index (χ3v) is 3.44. The van der Waals surface area contributed by atoms with Crippen molar-refractivity contribution in [3.05, 3.63) is 0 Å². The predicted molar refractivity (Wildman–Crippen MR) is 59.7 cm³/mol. The molecule has 0 aliphatic heterocycles. The molecule has 0 saturated heterocycles. The van der Waals surface area contributed by atoms with Crippen LogP contribution in [0.15, 0.2) is 0 Å². The molecule has 1 nitrogen and oxygen atoms in total. The fourth-order valence-electron chi connectivity index (χ4n) is 1.13. The topological polar surface area (TPSA) is 26.0 Å². The predicted octanol–water partition coefficient (Wildman–Crippen LogP) is 2.89. The summed E-state index contributed by atoms with van der Waals surface area (Å²) >= 11 is 1.99. The Balaban J connectivity index is 3.26. The van der Waals surface area contributed by atoms with Gasteiger partial charge in [-0.2, -0.15) is 11.8 Å². The first-order valence-corrected chi connectivity index (χ1v) is 6.19. The molecule has 0 aromatic carbocycles. The van der Waals surface area contributed by atoms with Gasteiger partial charge in [0, 0.05) is 11.8 Å². The molecule has 12 heavy (non-hydrogen) atoms. The Morgan fingerprint density at radius 1 is 1.33 bits per heavy atom. The van der Waals surface area contributed by atoms with Crippen molar-refractivity contribution in [1.82, 2.24) is 0 Å². The molecule has 0 bridgehead atoms. The maximum Gasteiger partial charge on any atom is 0.0132 e. The van der Waals surface area contributed by atoms with E-state index >= 15 is 0 Å². The summed E-state index contributed by atoms with van der Waals surface area (Å²) in [6, 6.07) is 0.413. The largest absolute Gasteiger partial charge is 0.327 e. The average molecular weight is 189 g/mol. The molecule has 0 heterocycles. The van der Waals surface area contributed by atoms with Gasteiger partial charge in [-0.3, -0.25) is 0 Å².